The molecule has 5 nitrogen and oxygen atoms in total. The van der Waals surface area contributed by atoms with E-state index in [0.717, 1.165) is 94.2 Å². The maximum absolute atomic E-state index is 11.7. The second kappa shape index (κ2) is 15.7. The summed E-state index contributed by atoms with van der Waals surface area (Å²) in [6, 6.07) is 77.1. The quantitative estimate of drug-likeness (QED) is 0.161. The Kier molecular flexibility index (Phi) is 9.25. The molecule has 0 unspecified atom stereocenters. The van der Waals surface area contributed by atoms with Crippen molar-refractivity contribution < 1.29 is 0 Å². The molecule has 12 rings (SSSR count). The molecule has 3 heterocycles. The fourth-order valence-electron chi connectivity index (χ4n) is 9.89. The van der Waals surface area contributed by atoms with E-state index in [-0.39, 0.29) is 0 Å². The van der Waals surface area contributed by atoms with Gasteiger partial charge in [-0.05, 0) is 102 Å². The van der Waals surface area contributed by atoms with Gasteiger partial charge in [-0.1, -0.05) is 158 Å². The number of benzene rings is 9. The average molecular weight is 844 g/mol. The number of nitrogens with zero attached hydrogens (tertiary/aromatic N) is 5. The van der Waals surface area contributed by atoms with E-state index in [2.05, 4.69) is 205 Å². The van der Waals surface area contributed by atoms with Gasteiger partial charge in [0, 0.05) is 38.2 Å². The maximum Gasteiger partial charge on any atom is 0.160 e. The highest BCUT2D eigenvalue weighted by molar-refractivity contribution is 6.12. The van der Waals surface area contributed by atoms with Crippen molar-refractivity contribution in [3.8, 4) is 73.6 Å². The van der Waals surface area contributed by atoms with Crippen molar-refractivity contribution in [2.45, 2.75) is 13.8 Å². The molecule has 66 heavy (non-hydrogen) atoms. The summed E-state index contributed by atoms with van der Waals surface area (Å²) in [5.41, 5.74) is 17.6. The molecule has 0 aliphatic rings. The summed E-state index contributed by atoms with van der Waals surface area (Å²) in [4.78, 5) is 10.7. The lowest BCUT2D eigenvalue weighted by Crippen LogP contribution is -2.06. The normalized spacial score (nSPS) is 11.5. The Morgan fingerprint density at radius 2 is 0.773 bits per heavy atom. The van der Waals surface area contributed by atoms with Gasteiger partial charge in [0.25, 0.3) is 0 Å². The summed E-state index contributed by atoms with van der Waals surface area (Å²) in [7, 11) is 0. The first-order valence-corrected chi connectivity index (χ1v) is 22.3. The Labute approximate surface area is 382 Å². The fourth-order valence-corrected chi connectivity index (χ4v) is 9.89. The van der Waals surface area contributed by atoms with Gasteiger partial charge in [-0.25, -0.2) is 9.97 Å². The lowest BCUT2D eigenvalue weighted by molar-refractivity contribution is 1.11. The van der Waals surface area contributed by atoms with Crippen LogP contribution in [0, 0.1) is 25.2 Å². The lowest BCUT2D eigenvalue weighted by atomic mass is 9.99. The van der Waals surface area contributed by atoms with Crippen LogP contribution in [-0.2, 0) is 0 Å². The highest BCUT2D eigenvalue weighted by Gasteiger charge is 2.24. The largest absolute Gasteiger partial charge is 0.308 e. The van der Waals surface area contributed by atoms with Crippen molar-refractivity contribution in [3.63, 3.8) is 0 Å². The van der Waals surface area contributed by atoms with Crippen molar-refractivity contribution in [1.82, 2.24) is 19.1 Å². The van der Waals surface area contributed by atoms with Crippen molar-refractivity contribution in [1.29, 1.82) is 5.26 Å². The molecule has 0 saturated carbocycles. The van der Waals surface area contributed by atoms with Crippen LogP contribution >= 0.6 is 0 Å². The number of rotatable bonds is 7. The van der Waals surface area contributed by atoms with Crippen molar-refractivity contribution in [2.75, 3.05) is 0 Å². The first-order valence-electron chi connectivity index (χ1n) is 22.3. The number of aryl methyl sites for hydroxylation is 2. The zero-order valence-electron chi connectivity index (χ0n) is 36.4. The first-order chi connectivity index (χ1) is 32.5. The summed E-state index contributed by atoms with van der Waals surface area (Å²) in [6.07, 6.45) is 0. The minimum atomic E-state index is 0.539. The molecular weight excluding hydrogens is 803 g/mol. The number of nitriles is 1. The van der Waals surface area contributed by atoms with Gasteiger partial charge in [-0.2, -0.15) is 5.26 Å². The van der Waals surface area contributed by atoms with Gasteiger partial charge < -0.3 is 9.13 Å². The average Bonchev–Trinajstić information content (AvgIpc) is 3.88. The second-order valence-electron chi connectivity index (χ2n) is 17.0. The molecule has 0 N–H and O–H groups in total. The summed E-state index contributed by atoms with van der Waals surface area (Å²) in [5.74, 6) is 0.562. The Bertz CT molecular complexity index is 3660. The molecule has 0 radical (unpaired) electrons. The summed E-state index contributed by atoms with van der Waals surface area (Å²) >= 11 is 0. The third kappa shape index (κ3) is 6.38. The molecule has 0 bridgehead atoms. The van der Waals surface area contributed by atoms with Gasteiger partial charge in [-0.3, -0.25) is 0 Å². The van der Waals surface area contributed by atoms with E-state index in [1.165, 1.54) is 22.3 Å². The van der Waals surface area contributed by atoms with Crippen LogP contribution in [0.3, 0.4) is 0 Å². The van der Waals surface area contributed by atoms with Gasteiger partial charge in [0.2, 0.25) is 0 Å². The minimum Gasteiger partial charge on any atom is -0.308 e. The van der Waals surface area contributed by atoms with Crippen LogP contribution in [0.5, 0.6) is 0 Å². The standard InChI is InChI=1S/C61H41N5/c1-39-17-9-11-23-46(39)43-29-31-57-50(33-43)48-25-13-15-27-55(48)65(57)59-35-45(61-63-53(41-19-5-3-6-20-41)37-54(64-61)42-21-7-4-8-22-42)36-60(52(59)38-62)66-56-28-16-14-26-49(56)51-34-44(30-32-58(51)66)47-24-12-10-18-40(47)2/h3-37H,1-2H3. The maximum atomic E-state index is 11.7. The number of fused-ring (bicyclic) bond motifs is 6. The predicted molar refractivity (Wildman–Crippen MR) is 272 cm³/mol. The van der Waals surface area contributed by atoms with E-state index in [0.29, 0.717) is 11.4 Å². The van der Waals surface area contributed by atoms with E-state index >= 15 is 0 Å². The molecule has 9 aromatic carbocycles. The molecule has 0 fully saturated rings. The van der Waals surface area contributed by atoms with Crippen LogP contribution in [0.25, 0.3) is 111 Å². The van der Waals surface area contributed by atoms with Crippen LogP contribution in [0.1, 0.15) is 16.7 Å². The zero-order chi connectivity index (χ0) is 44.3. The Balaban J connectivity index is 1.19. The lowest BCUT2D eigenvalue weighted by Gasteiger charge is -2.18. The zero-order valence-corrected chi connectivity index (χ0v) is 36.4. The molecule has 0 atom stereocenters. The van der Waals surface area contributed by atoms with Crippen molar-refractivity contribution in [3.05, 3.63) is 229 Å². The third-order valence-corrected chi connectivity index (χ3v) is 13.1. The fraction of sp³-hybridized carbons (Fsp3) is 0.0328. The van der Waals surface area contributed by atoms with E-state index in [4.69, 9.17) is 9.97 Å². The van der Waals surface area contributed by atoms with Gasteiger partial charge >= 0.3 is 0 Å². The SMILES string of the molecule is Cc1ccccc1-c1ccc2c(c1)c1ccccc1n2-c1cc(-c2nc(-c3ccccc3)cc(-c3ccccc3)n2)cc(-n2c3ccccc3c3cc(-c4ccccc4C)ccc32)c1C#N. The smallest absolute Gasteiger partial charge is 0.160 e. The highest BCUT2D eigenvalue weighted by Crippen LogP contribution is 2.42. The molecule has 0 aliphatic heterocycles. The number of hydrogen-bond donors (Lipinski definition) is 0. The van der Waals surface area contributed by atoms with Crippen LogP contribution in [0.2, 0.25) is 0 Å². The van der Waals surface area contributed by atoms with Crippen LogP contribution in [0.4, 0.5) is 0 Å². The molecule has 310 valence electrons. The third-order valence-electron chi connectivity index (χ3n) is 13.1. The monoisotopic (exact) mass is 843 g/mol. The van der Waals surface area contributed by atoms with Gasteiger partial charge in [0.05, 0.1) is 44.8 Å². The van der Waals surface area contributed by atoms with Gasteiger partial charge in [-0.15, -0.1) is 0 Å². The van der Waals surface area contributed by atoms with E-state index in [1.807, 2.05) is 36.4 Å². The molecule has 0 saturated heterocycles. The summed E-state index contributed by atoms with van der Waals surface area (Å²) in [6.45, 7) is 4.32. The van der Waals surface area contributed by atoms with E-state index in [1.54, 1.807) is 0 Å². The molecule has 5 heteroatoms. The van der Waals surface area contributed by atoms with Gasteiger partial charge in [0.15, 0.2) is 5.82 Å². The van der Waals surface area contributed by atoms with E-state index in [9.17, 15) is 5.26 Å². The summed E-state index contributed by atoms with van der Waals surface area (Å²) < 4.78 is 4.53. The van der Waals surface area contributed by atoms with Crippen molar-refractivity contribution >= 4 is 43.6 Å². The van der Waals surface area contributed by atoms with Crippen LogP contribution in [0.15, 0.2) is 212 Å². The van der Waals surface area contributed by atoms with Crippen LogP contribution in [-0.4, -0.2) is 19.1 Å². The van der Waals surface area contributed by atoms with Crippen LogP contribution < -0.4 is 0 Å². The number of hydrogen-bond acceptors (Lipinski definition) is 3. The predicted octanol–water partition coefficient (Wildman–Crippen LogP) is 15.5. The van der Waals surface area contributed by atoms with Crippen molar-refractivity contribution in [2.24, 2.45) is 0 Å². The molecule has 0 aliphatic carbocycles. The molecule has 0 spiro atoms. The van der Waals surface area contributed by atoms with E-state index < -0.39 is 0 Å². The summed E-state index contributed by atoms with van der Waals surface area (Å²) in [5, 5.41) is 16.1. The number of para-hydroxylation sites is 2. The first kappa shape index (κ1) is 38.8. The molecule has 3 aromatic heterocycles. The topological polar surface area (TPSA) is 59.4 Å². The Hall–Kier alpha value is -8.85. The Morgan fingerprint density at radius 1 is 0.364 bits per heavy atom. The van der Waals surface area contributed by atoms with Gasteiger partial charge in [0.1, 0.15) is 11.6 Å². The molecule has 12 aromatic rings. The Morgan fingerprint density at radius 3 is 1.23 bits per heavy atom. The number of aromatic nitrogens is 4. The minimum absolute atomic E-state index is 0.539. The molecule has 0 amide bonds. The molecular formula is C61H41N5. The second-order valence-corrected chi connectivity index (χ2v) is 17.0. The highest BCUT2D eigenvalue weighted by atomic mass is 15.0.